The largest absolute Gasteiger partial charge is 0.480 e. The Hall–Kier alpha value is -2.21. The SMILES string of the molecule is Cc1sc(Cc2ccccc2)nc1C(=O)NCC(=O)O. The van der Waals surface area contributed by atoms with E-state index < -0.39 is 18.4 Å². The van der Waals surface area contributed by atoms with Crippen LogP contribution in [0.5, 0.6) is 0 Å². The highest BCUT2D eigenvalue weighted by Crippen LogP contribution is 2.20. The molecule has 104 valence electrons. The van der Waals surface area contributed by atoms with Crippen LogP contribution in [-0.4, -0.2) is 28.5 Å². The van der Waals surface area contributed by atoms with Crippen molar-refractivity contribution in [3.05, 3.63) is 51.5 Å². The van der Waals surface area contributed by atoms with Crippen molar-refractivity contribution in [3.63, 3.8) is 0 Å². The number of nitrogens with one attached hydrogen (secondary N) is 1. The molecule has 0 radical (unpaired) electrons. The average molecular weight is 290 g/mol. The monoisotopic (exact) mass is 290 g/mol. The lowest BCUT2D eigenvalue weighted by atomic mass is 10.2. The Labute approximate surface area is 120 Å². The highest BCUT2D eigenvalue weighted by atomic mass is 32.1. The van der Waals surface area contributed by atoms with Gasteiger partial charge in [-0.3, -0.25) is 9.59 Å². The summed E-state index contributed by atoms with van der Waals surface area (Å²) >= 11 is 1.45. The van der Waals surface area contributed by atoms with E-state index in [1.807, 2.05) is 37.3 Å². The number of aryl methyl sites for hydroxylation is 1. The number of nitrogens with zero attached hydrogens (tertiary/aromatic N) is 1. The van der Waals surface area contributed by atoms with Crippen LogP contribution in [0.1, 0.15) is 25.9 Å². The first-order valence-corrected chi connectivity index (χ1v) is 6.88. The molecule has 2 N–H and O–H groups in total. The van der Waals surface area contributed by atoms with Crippen molar-refractivity contribution >= 4 is 23.2 Å². The zero-order valence-electron chi connectivity index (χ0n) is 10.9. The van der Waals surface area contributed by atoms with Gasteiger partial charge in [0, 0.05) is 11.3 Å². The van der Waals surface area contributed by atoms with Gasteiger partial charge in [-0.2, -0.15) is 0 Å². The predicted molar refractivity (Wildman–Crippen MR) is 76.1 cm³/mol. The molecule has 0 aliphatic carbocycles. The van der Waals surface area contributed by atoms with Gasteiger partial charge in [0.05, 0.1) is 5.01 Å². The van der Waals surface area contributed by atoms with Gasteiger partial charge in [0.2, 0.25) is 0 Å². The summed E-state index contributed by atoms with van der Waals surface area (Å²) in [6, 6.07) is 9.86. The molecule has 6 heteroatoms. The first-order chi connectivity index (χ1) is 9.56. The molecule has 0 aliphatic rings. The number of carbonyl (C=O) groups excluding carboxylic acids is 1. The topological polar surface area (TPSA) is 79.3 Å². The number of benzene rings is 1. The van der Waals surface area contributed by atoms with Crippen LogP contribution in [0.25, 0.3) is 0 Å². The van der Waals surface area contributed by atoms with Gasteiger partial charge in [-0.15, -0.1) is 11.3 Å². The summed E-state index contributed by atoms with van der Waals surface area (Å²) in [4.78, 5) is 27.3. The summed E-state index contributed by atoms with van der Waals surface area (Å²) < 4.78 is 0. The molecule has 2 rings (SSSR count). The van der Waals surface area contributed by atoms with Crippen LogP contribution in [0.3, 0.4) is 0 Å². The Morgan fingerprint density at radius 1 is 1.30 bits per heavy atom. The number of rotatable bonds is 5. The van der Waals surface area contributed by atoms with Gasteiger partial charge in [-0.1, -0.05) is 30.3 Å². The fourth-order valence-electron chi connectivity index (χ4n) is 1.75. The van der Waals surface area contributed by atoms with Crippen LogP contribution in [0, 0.1) is 6.92 Å². The minimum absolute atomic E-state index is 0.308. The van der Waals surface area contributed by atoms with Crippen molar-refractivity contribution in [1.29, 1.82) is 0 Å². The van der Waals surface area contributed by atoms with Gasteiger partial charge in [0.25, 0.3) is 5.91 Å². The summed E-state index contributed by atoms with van der Waals surface area (Å²) in [5.74, 6) is -1.52. The molecule has 1 heterocycles. The minimum atomic E-state index is -1.07. The summed E-state index contributed by atoms with van der Waals surface area (Å²) in [6.07, 6.45) is 0.665. The van der Waals surface area contributed by atoms with Crippen molar-refractivity contribution in [2.75, 3.05) is 6.54 Å². The maximum absolute atomic E-state index is 11.8. The van der Waals surface area contributed by atoms with Gasteiger partial charge in [-0.25, -0.2) is 4.98 Å². The van der Waals surface area contributed by atoms with Gasteiger partial charge in [0.1, 0.15) is 12.2 Å². The van der Waals surface area contributed by atoms with E-state index in [0.29, 0.717) is 12.1 Å². The number of carboxylic acid groups (broad SMARTS) is 1. The molecular formula is C14H14N2O3S. The zero-order valence-corrected chi connectivity index (χ0v) is 11.7. The Kier molecular flexibility index (Phi) is 4.47. The van der Waals surface area contributed by atoms with Crippen LogP contribution >= 0.6 is 11.3 Å². The number of aliphatic carboxylic acids is 1. The molecule has 20 heavy (non-hydrogen) atoms. The molecule has 0 unspecified atom stereocenters. The summed E-state index contributed by atoms with van der Waals surface area (Å²) in [6.45, 7) is 1.41. The first kappa shape index (κ1) is 14.2. The lowest BCUT2D eigenvalue weighted by Crippen LogP contribution is -2.29. The molecule has 5 nitrogen and oxygen atoms in total. The van der Waals surface area contributed by atoms with Crippen LogP contribution in [0.2, 0.25) is 0 Å². The number of hydrogen-bond acceptors (Lipinski definition) is 4. The molecule has 1 aromatic carbocycles. The maximum Gasteiger partial charge on any atom is 0.322 e. The van der Waals surface area contributed by atoms with E-state index in [9.17, 15) is 9.59 Å². The number of carbonyl (C=O) groups is 2. The lowest BCUT2D eigenvalue weighted by Gasteiger charge is -1.99. The van der Waals surface area contributed by atoms with Crippen molar-refractivity contribution in [2.24, 2.45) is 0 Å². The Morgan fingerprint density at radius 2 is 2.00 bits per heavy atom. The lowest BCUT2D eigenvalue weighted by molar-refractivity contribution is -0.135. The smallest absolute Gasteiger partial charge is 0.322 e. The van der Waals surface area contributed by atoms with Gasteiger partial charge >= 0.3 is 5.97 Å². The van der Waals surface area contributed by atoms with Crippen LogP contribution < -0.4 is 5.32 Å². The predicted octanol–water partition coefficient (Wildman–Crippen LogP) is 1.86. The minimum Gasteiger partial charge on any atom is -0.480 e. The highest BCUT2D eigenvalue weighted by Gasteiger charge is 2.16. The molecule has 2 aromatic rings. The molecule has 0 atom stereocenters. The Morgan fingerprint density at radius 3 is 2.65 bits per heavy atom. The van der Waals surface area contributed by atoms with Crippen molar-refractivity contribution in [1.82, 2.24) is 10.3 Å². The molecule has 1 aromatic heterocycles. The fraction of sp³-hybridized carbons (Fsp3) is 0.214. The first-order valence-electron chi connectivity index (χ1n) is 6.06. The molecule has 1 amide bonds. The molecule has 0 spiro atoms. The Balaban J connectivity index is 2.09. The molecule has 0 aliphatic heterocycles. The molecule has 0 saturated heterocycles. The van der Waals surface area contributed by atoms with Gasteiger partial charge in [0.15, 0.2) is 0 Å². The van der Waals surface area contributed by atoms with Crippen LogP contribution in [0.4, 0.5) is 0 Å². The summed E-state index contributed by atoms with van der Waals surface area (Å²) in [7, 11) is 0. The van der Waals surface area contributed by atoms with Crippen LogP contribution in [-0.2, 0) is 11.2 Å². The standard InChI is InChI=1S/C14H14N2O3S/c1-9-13(14(19)15-8-12(17)18)16-11(20-9)7-10-5-3-2-4-6-10/h2-6H,7-8H2,1H3,(H,15,19)(H,17,18). The second-order valence-electron chi connectivity index (χ2n) is 4.25. The average Bonchev–Trinajstić information content (AvgIpc) is 2.78. The van der Waals surface area contributed by atoms with Crippen molar-refractivity contribution in [2.45, 2.75) is 13.3 Å². The second-order valence-corrected chi connectivity index (χ2v) is 5.54. The number of thiazole rings is 1. The van der Waals surface area contributed by atoms with Crippen molar-refractivity contribution in [3.8, 4) is 0 Å². The third-order valence-corrected chi connectivity index (χ3v) is 3.63. The molecule has 0 bridgehead atoms. The third kappa shape index (κ3) is 3.64. The molecule has 0 saturated carbocycles. The van der Waals surface area contributed by atoms with Crippen molar-refractivity contribution < 1.29 is 14.7 Å². The van der Waals surface area contributed by atoms with E-state index in [2.05, 4.69) is 10.3 Å². The number of amides is 1. The highest BCUT2D eigenvalue weighted by molar-refractivity contribution is 7.11. The number of hydrogen-bond donors (Lipinski definition) is 2. The molecular weight excluding hydrogens is 276 g/mol. The van der Waals surface area contributed by atoms with E-state index in [0.717, 1.165) is 15.4 Å². The van der Waals surface area contributed by atoms with E-state index in [-0.39, 0.29) is 0 Å². The number of aromatic nitrogens is 1. The summed E-state index contributed by atoms with van der Waals surface area (Å²) in [5.41, 5.74) is 1.43. The third-order valence-electron chi connectivity index (χ3n) is 2.65. The Bertz CT molecular complexity index is 623. The fourth-order valence-corrected chi connectivity index (χ4v) is 2.71. The van der Waals surface area contributed by atoms with E-state index >= 15 is 0 Å². The van der Waals surface area contributed by atoms with Gasteiger partial charge in [-0.05, 0) is 12.5 Å². The zero-order chi connectivity index (χ0) is 14.5. The van der Waals surface area contributed by atoms with E-state index in [1.165, 1.54) is 11.3 Å². The number of carboxylic acids is 1. The second kappa shape index (κ2) is 6.29. The summed E-state index contributed by atoms with van der Waals surface area (Å²) in [5, 5.41) is 11.7. The van der Waals surface area contributed by atoms with E-state index in [4.69, 9.17) is 5.11 Å². The van der Waals surface area contributed by atoms with E-state index in [1.54, 1.807) is 0 Å². The van der Waals surface area contributed by atoms with Crippen LogP contribution in [0.15, 0.2) is 30.3 Å². The normalized spacial score (nSPS) is 10.2. The quantitative estimate of drug-likeness (QED) is 0.881. The van der Waals surface area contributed by atoms with Gasteiger partial charge < -0.3 is 10.4 Å². The maximum atomic E-state index is 11.8. The molecule has 0 fully saturated rings.